The number of rotatable bonds is 9. The molecule has 1 amide bonds. The highest BCUT2D eigenvalue weighted by atomic mass is 32.2. The number of nitro groups is 2. The SMILES string of the molecule is CC(C)C1C(=O)N2C(C(=O)OCc3ccc([N+](=O)[O-])cc3)=C(SCc3ncc([N+](=O)[O-])cn3)CC12. The Balaban J connectivity index is 1.50. The Hall–Kier alpha value is -3.87. The maximum absolute atomic E-state index is 13.0. The second-order valence-electron chi connectivity index (χ2n) is 8.42. The normalized spacial score (nSPS) is 18.9. The molecule has 12 nitrogen and oxygen atoms in total. The number of nitro benzene ring substituents is 1. The molecule has 0 radical (unpaired) electrons. The van der Waals surface area contributed by atoms with Crippen LogP contribution in [0.25, 0.3) is 0 Å². The molecule has 3 heterocycles. The van der Waals surface area contributed by atoms with E-state index in [1.165, 1.54) is 40.9 Å². The van der Waals surface area contributed by atoms with E-state index in [-0.39, 0.29) is 53.2 Å². The van der Waals surface area contributed by atoms with E-state index in [1.807, 2.05) is 13.8 Å². The van der Waals surface area contributed by atoms with Gasteiger partial charge in [-0.25, -0.2) is 14.8 Å². The number of fused-ring (bicyclic) bond motifs is 1. The molecule has 0 spiro atoms. The largest absolute Gasteiger partial charge is 0.456 e. The molecule has 0 bridgehead atoms. The average molecular weight is 500 g/mol. The topological polar surface area (TPSA) is 159 Å². The summed E-state index contributed by atoms with van der Waals surface area (Å²) >= 11 is 1.29. The number of carbonyl (C=O) groups is 2. The Labute approximate surface area is 203 Å². The Morgan fingerprint density at radius 3 is 2.34 bits per heavy atom. The van der Waals surface area contributed by atoms with E-state index in [9.17, 15) is 29.8 Å². The highest BCUT2D eigenvalue weighted by molar-refractivity contribution is 8.02. The smallest absolute Gasteiger partial charge is 0.356 e. The van der Waals surface area contributed by atoms with Crippen LogP contribution in [-0.4, -0.2) is 42.6 Å². The summed E-state index contributed by atoms with van der Waals surface area (Å²) in [6.45, 7) is 3.81. The molecular formula is C22H21N5O7S. The summed E-state index contributed by atoms with van der Waals surface area (Å²) in [4.78, 5) is 56.5. The standard InChI is InChI=1S/C22H21N5O7S/c1-12(2)19-16-7-17(35-11-18-23-8-15(9-24-18)27(32)33)20(25(16)21(19)28)22(29)34-10-13-3-5-14(6-4-13)26(30)31/h3-6,8-9,12,16,19H,7,10-11H2,1-2H3. The fourth-order valence-electron chi connectivity index (χ4n) is 4.15. The summed E-state index contributed by atoms with van der Waals surface area (Å²) in [7, 11) is 0. The lowest BCUT2D eigenvalue weighted by molar-refractivity contribution is -0.385. The third kappa shape index (κ3) is 4.85. The minimum atomic E-state index is -0.659. The third-order valence-electron chi connectivity index (χ3n) is 5.87. The molecule has 0 saturated carbocycles. The fraction of sp³-hybridized carbons (Fsp3) is 0.364. The zero-order valence-corrected chi connectivity index (χ0v) is 19.6. The van der Waals surface area contributed by atoms with E-state index in [0.717, 1.165) is 12.4 Å². The van der Waals surface area contributed by atoms with Crippen molar-refractivity contribution in [3.05, 3.63) is 78.9 Å². The quantitative estimate of drug-likeness (QED) is 0.217. The number of β-lactam (4-membered cyclic amide) rings is 1. The van der Waals surface area contributed by atoms with Crippen LogP contribution >= 0.6 is 11.8 Å². The molecule has 35 heavy (non-hydrogen) atoms. The zero-order valence-electron chi connectivity index (χ0n) is 18.8. The maximum atomic E-state index is 13.0. The van der Waals surface area contributed by atoms with Crippen molar-refractivity contribution in [3.8, 4) is 0 Å². The number of aromatic nitrogens is 2. The summed E-state index contributed by atoms with van der Waals surface area (Å²) < 4.78 is 5.45. The van der Waals surface area contributed by atoms with Gasteiger partial charge in [-0.05, 0) is 23.6 Å². The van der Waals surface area contributed by atoms with Crippen LogP contribution in [0.4, 0.5) is 11.4 Å². The Bertz CT molecular complexity index is 1210. The number of hydrogen-bond acceptors (Lipinski definition) is 10. The lowest BCUT2D eigenvalue weighted by Gasteiger charge is -2.45. The van der Waals surface area contributed by atoms with Crippen LogP contribution in [-0.2, 0) is 26.7 Å². The van der Waals surface area contributed by atoms with Gasteiger partial charge in [-0.15, -0.1) is 11.8 Å². The van der Waals surface area contributed by atoms with Gasteiger partial charge < -0.3 is 9.64 Å². The van der Waals surface area contributed by atoms with Crippen LogP contribution < -0.4 is 0 Å². The fourth-order valence-corrected chi connectivity index (χ4v) is 5.21. The van der Waals surface area contributed by atoms with Crippen LogP contribution in [0, 0.1) is 32.1 Å². The van der Waals surface area contributed by atoms with E-state index in [4.69, 9.17) is 4.74 Å². The number of benzene rings is 1. The Kier molecular flexibility index (Phi) is 6.78. The van der Waals surface area contributed by atoms with Crippen molar-refractivity contribution in [2.75, 3.05) is 0 Å². The van der Waals surface area contributed by atoms with Crippen molar-refractivity contribution in [2.45, 2.75) is 38.7 Å². The molecule has 0 aliphatic carbocycles. The number of thioether (sulfide) groups is 1. The first-order valence-electron chi connectivity index (χ1n) is 10.7. The van der Waals surface area contributed by atoms with Crippen LogP contribution in [0.5, 0.6) is 0 Å². The molecular weight excluding hydrogens is 478 g/mol. The van der Waals surface area contributed by atoms with E-state index >= 15 is 0 Å². The molecule has 4 rings (SSSR count). The summed E-state index contributed by atoms with van der Waals surface area (Å²) in [6, 6.07) is 5.52. The number of ether oxygens (including phenoxy) is 1. The number of nitrogens with zero attached hydrogens (tertiary/aromatic N) is 5. The molecule has 2 aromatic rings. The molecule has 1 aromatic carbocycles. The first-order chi connectivity index (χ1) is 16.7. The Morgan fingerprint density at radius 2 is 1.77 bits per heavy atom. The second kappa shape index (κ2) is 9.78. The minimum absolute atomic E-state index is 0.0699. The van der Waals surface area contributed by atoms with Gasteiger partial charge in [-0.3, -0.25) is 25.0 Å². The molecule has 2 atom stereocenters. The van der Waals surface area contributed by atoms with Crippen molar-refractivity contribution in [1.82, 2.24) is 14.9 Å². The van der Waals surface area contributed by atoms with E-state index in [2.05, 4.69) is 9.97 Å². The number of hydrogen-bond donors (Lipinski definition) is 0. The van der Waals surface area contributed by atoms with Crippen molar-refractivity contribution in [2.24, 2.45) is 11.8 Å². The highest BCUT2D eigenvalue weighted by Crippen LogP contribution is 2.48. The van der Waals surface area contributed by atoms with Gasteiger partial charge in [-0.1, -0.05) is 13.8 Å². The molecule has 13 heteroatoms. The monoisotopic (exact) mass is 499 g/mol. The van der Waals surface area contributed by atoms with Crippen LogP contribution in [0.3, 0.4) is 0 Å². The molecule has 1 saturated heterocycles. The third-order valence-corrected chi connectivity index (χ3v) is 6.99. The lowest BCUT2D eigenvalue weighted by atomic mass is 9.79. The van der Waals surface area contributed by atoms with Gasteiger partial charge >= 0.3 is 11.7 Å². The highest BCUT2D eigenvalue weighted by Gasteiger charge is 2.56. The lowest BCUT2D eigenvalue weighted by Crippen LogP contribution is -2.60. The molecule has 1 aromatic heterocycles. The molecule has 1 fully saturated rings. The molecule has 0 N–H and O–H groups in total. The van der Waals surface area contributed by atoms with E-state index in [0.29, 0.717) is 22.7 Å². The first kappa shape index (κ1) is 24.3. The Morgan fingerprint density at radius 1 is 1.14 bits per heavy atom. The van der Waals surface area contributed by atoms with Gasteiger partial charge in [0.1, 0.15) is 30.5 Å². The minimum Gasteiger partial charge on any atom is -0.456 e. The van der Waals surface area contributed by atoms with Gasteiger partial charge in [0, 0.05) is 23.5 Å². The van der Waals surface area contributed by atoms with Crippen LogP contribution in [0.15, 0.2) is 47.3 Å². The van der Waals surface area contributed by atoms with Crippen molar-refractivity contribution in [3.63, 3.8) is 0 Å². The zero-order chi connectivity index (χ0) is 25.3. The number of carbonyl (C=O) groups excluding carboxylic acids is 2. The predicted octanol–water partition coefficient (Wildman–Crippen LogP) is 3.37. The summed E-state index contributed by atoms with van der Waals surface area (Å²) in [5.41, 5.74) is 0.469. The number of non-ortho nitro benzene ring substituents is 1. The van der Waals surface area contributed by atoms with Crippen LogP contribution in [0.2, 0.25) is 0 Å². The average Bonchev–Trinajstić information content (AvgIpc) is 3.15. The summed E-state index contributed by atoms with van der Waals surface area (Å²) in [5, 5.41) is 21.6. The first-order valence-corrected chi connectivity index (χ1v) is 11.7. The number of amides is 1. The van der Waals surface area contributed by atoms with Crippen molar-refractivity contribution in [1.29, 1.82) is 0 Å². The van der Waals surface area contributed by atoms with Crippen molar-refractivity contribution < 1.29 is 24.2 Å². The van der Waals surface area contributed by atoms with E-state index < -0.39 is 15.8 Å². The maximum Gasteiger partial charge on any atom is 0.356 e. The van der Waals surface area contributed by atoms with Crippen molar-refractivity contribution >= 4 is 35.0 Å². The summed E-state index contributed by atoms with van der Waals surface area (Å²) in [5.74, 6) is -0.256. The molecule has 2 aliphatic rings. The van der Waals surface area contributed by atoms with Gasteiger partial charge in [0.2, 0.25) is 5.91 Å². The van der Waals surface area contributed by atoms with Gasteiger partial charge in [-0.2, -0.15) is 0 Å². The summed E-state index contributed by atoms with van der Waals surface area (Å²) in [6.07, 6.45) is 2.74. The van der Waals surface area contributed by atoms with Gasteiger partial charge in [0.25, 0.3) is 5.69 Å². The predicted molar refractivity (Wildman–Crippen MR) is 123 cm³/mol. The van der Waals surface area contributed by atoms with Gasteiger partial charge in [0.15, 0.2) is 0 Å². The van der Waals surface area contributed by atoms with Crippen LogP contribution in [0.1, 0.15) is 31.7 Å². The number of esters is 1. The van der Waals surface area contributed by atoms with E-state index in [1.54, 1.807) is 0 Å². The molecule has 182 valence electrons. The molecule has 2 aliphatic heterocycles. The van der Waals surface area contributed by atoms with Gasteiger partial charge in [0.05, 0.1) is 27.6 Å². The second-order valence-corrected chi connectivity index (χ2v) is 9.49. The molecule has 2 unspecified atom stereocenters.